The molecular formula is C16H22N6O. The van der Waals surface area contributed by atoms with E-state index in [1.807, 2.05) is 4.90 Å². The lowest BCUT2D eigenvalue weighted by molar-refractivity contribution is -0.133. The molecule has 122 valence electrons. The quantitative estimate of drug-likeness (QED) is 0.859. The van der Waals surface area contributed by atoms with Gasteiger partial charge in [0.2, 0.25) is 5.91 Å². The fourth-order valence-corrected chi connectivity index (χ4v) is 3.00. The molecule has 3 rings (SSSR count). The summed E-state index contributed by atoms with van der Waals surface area (Å²) < 4.78 is 2.18. The van der Waals surface area contributed by atoms with E-state index in [4.69, 9.17) is 0 Å². The van der Waals surface area contributed by atoms with E-state index in [1.165, 1.54) is 0 Å². The van der Waals surface area contributed by atoms with Gasteiger partial charge in [0.25, 0.3) is 0 Å². The second-order valence-corrected chi connectivity index (χ2v) is 6.32. The van der Waals surface area contributed by atoms with Gasteiger partial charge in [0.1, 0.15) is 5.82 Å². The highest BCUT2D eigenvalue weighted by atomic mass is 16.2. The zero-order valence-electron chi connectivity index (χ0n) is 13.8. The van der Waals surface area contributed by atoms with E-state index in [2.05, 4.69) is 45.5 Å². The van der Waals surface area contributed by atoms with Gasteiger partial charge in [-0.15, -0.1) is 10.2 Å². The average molecular weight is 314 g/mol. The van der Waals surface area contributed by atoms with E-state index in [0.717, 1.165) is 17.3 Å². The molecule has 0 radical (unpaired) electrons. The number of aromatic nitrogens is 5. The van der Waals surface area contributed by atoms with Crippen LogP contribution in [0.3, 0.4) is 0 Å². The van der Waals surface area contributed by atoms with Gasteiger partial charge in [0, 0.05) is 37.5 Å². The minimum atomic E-state index is 0.128. The maximum absolute atomic E-state index is 12.5. The van der Waals surface area contributed by atoms with Crippen molar-refractivity contribution in [3.8, 4) is 0 Å². The molecule has 7 heteroatoms. The van der Waals surface area contributed by atoms with Crippen LogP contribution in [0.25, 0.3) is 0 Å². The van der Waals surface area contributed by atoms with E-state index in [-0.39, 0.29) is 11.9 Å². The van der Waals surface area contributed by atoms with Gasteiger partial charge in [-0.25, -0.2) is 0 Å². The first-order chi connectivity index (χ1) is 11.1. The summed E-state index contributed by atoms with van der Waals surface area (Å²) in [6.45, 7) is 7.57. The zero-order valence-corrected chi connectivity index (χ0v) is 13.8. The van der Waals surface area contributed by atoms with Crippen LogP contribution in [-0.2, 0) is 17.8 Å². The number of aryl methyl sites for hydroxylation is 1. The SMILES string of the molecule is CC(C)c1nnc2n1[C@@H](C)CN(C(=O)CCc1cnccn1)C2. The standard InChI is InChI=1S/C16H22N6O/c1-11(2)16-20-19-14-10-21(9-12(3)22(14)16)15(23)5-4-13-8-17-6-7-18-13/h6-8,11-12H,4-5,9-10H2,1-3H3/t12-/m0/s1. The molecule has 1 atom stereocenters. The van der Waals surface area contributed by atoms with Gasteiger partial charge in [0.05, 0.1) is 18.3 Å². The number of nitrogens with zero attached hydrogens (tertiary/aromatic N) is 6. The Balaban J connectivity index is 1.67. The van der Waals surface area contributed by atoms with Crippen LogP contribution in [0.4, 0.5) is 0 Å². The predicted molar refractivity (Wildman–Crippen MR) is 84.6 cm³/mol. The normalized spacial score (nSPS) is 17.4. The van der Waals surface area contributed by atoms with Crippen molar-refractivity contribution in [1.82, 2.24) is 29.6 Å². The van der Waals surface area contributed by atoms with Crippen LogP contribution in [0.15, 0.2) is 18.6 Å². The van der Waals surface area contributed by atoms with Crippen LogP contribution in [-0.4, -0.2) is 42.1 Å². The van der Waals surface area contributed by atoms with Crippen molar-refractivity contribution in [3.63, 3.8) is 0 Å². The predicted octanol–water partition coefficient (Wildman–Crippen LogP) is 1.73. The highest BCUT2D eigenvalue weighted by Gasteiger charge is 2.29. The number of amides is 1. The number of carbonyl (C=O) groups is 1. The van der Waals surface area contributed by atoms with E-state index < -0.39 is 0 Å². The van der Waals surface area contributed by atoms with Crippen LogP contribution in [0.2, 0.25) is 0 Å². The first kappa shape index (κ1) is 15.6. The molecule has 0 bridgehead atoms. The molecule has 0 N–H and O–H groups in total. The molecule has 0 unspecified atom stereocenters. The Hall–Kier alpha value is -2.31. The molecule has 7 nitrogen and oxygen atoms in total. The first-order valence-electron chi connectivity index (χ1n) is 8.02. The topological polar surface area (TPSA) is 76.8 Å². The van der Waals surface area contributed by atoms with Crippen molar-refractivity contribution in [2.24, 2.45) is 0 Å². The molecular weight excluding hydrogens is 292 g/mol. The van der Waals surface area contributed by atoms with Crippen LogP contribution in [0.1, 0.15) is 56.5 Å². The van der Waals surface area contributed by atoms with Gasteiger partial charge in [-0.1, -0.05) is 13.8 Å². The van der Waals surface area contributed by atoms with Crippen molar-refractivity contribution >= 4 is 5.91 Å². The number of carbonyl (C=O) groups excluding carboxylic acids is 1. The maximum atomic E-state index is 12.5. The summed E-state index contributed by atoms with van der Waals surface area (Å²) in [5, 5.41) is 8.57. The summed E-state index contributed by atoms with van der Waals surface area (Å²) in [6.07, 6.45) is 6.05. The van der Waals surface area contributed by atoms with Crippen molar-refractivity contribution in [1.29, 1.82) is 0 Å². The summed E-state index contributed by atoms with van der Waals surface area (Å²) in [6, 6.07) is 0.201. The second kappa shape index (κ2) is 6.44. The lowest BCUT2D eigenvalue weighted by atomic mass is 10.1. The van der Waals surface area contributed by atoms with E-state index in [1.54, 1.807) is 18.6 Å². The summed E-state index contributed by atoms with van der Waals surface area (Å²) in [5.74, 6) is 2.33. The van der Waals surface area contributed by atoms with Crippen LogP contribution >= 0.6 is 0 Å². The number of hydrogen-bond donors (Lipinski definition) is 0. The Morgan fingerprint density at radius 1 is 1.35 bits per heavy atom. The van der Waals surface area contributed by atoms with Crippen LogP contribution in [0, 0.1) is 0 Å². The summed E-state index contributed by atoms with van der Waals surface area (Å²) in [7, 11) is 0. The smallest absolute Gasteiger partial charge is 0.223 e. The molecule has 1 aliphatic heterocycles. The summed E-state index contributed by atoms with van der Waals surface area (Å²) >= 11 is 0. The molecule has 1 aliphatic rings. The molecule has 3 heterocycles. The Morgan fingerprint density at radius 3 is 2.87 bits per heavy atom. The Kier molecular flexibility index (Phi) is 4.36. The fourth-order valence-electron chi connectivity index (χ4n) is 3.00. The number of fused-ring (bicyclic) bond motifs is 1. The van der Waals surface area contributed by atoms with Crippen molar-refractivity contribution < 1.29 is 4.79 Å². The highest BCUT2D eigenvalue weighted by Crippen LogP contribution is 2.25. The maximum Gasteiger partial charge on any atom is 0.223 e. The van der Waals surface area contributed by atoms with Gasteiger partial charge < -0.3 is 9.47 Å². The third-order valence-electron chi connectivity index (χ3n) is 4.13. The minimum absolute atomic E-state index is 0.128. The summed E-state index contributed by atoms with van der Waals surface area (Å²) in [4.78, 5) is 22.6. The monoisotopic (exact) mass is 314 g/mol. The molecule has 0 saturated carbocycles. The molecule has 1 amide bonds. The van der Waals surface area contributed by atoms with E-state index >= 15 is 0 Å². The van der Waals surface area contributed by atoms with Crippen LogP contribution in [0.5, 0.6) is 0 Å². The molecule has 23 heavy (non-hydrogen) atoms. The largest absolute Gasteiger partial charge is 0.333 e. The summed E-state index contributed by atoms with van der Waals surface area (Å²) in [5.41, 5.74) is 0.844. The molecule has 2 aromatic heterocycles. The number of hydrogen-bond acceptors (Lipinski definition) is 5. The lowest BCUT2D eigenvalue weighted by Crippen LogP contribution is -2.41. The third-order valence-corrected chi connectivity index (χ3v) is 4.13. The Labute approximate surface area is 135 Å². The second-order valence-electron chi connectivity index (χ2n) is 6.32. The van der Waals surface area contributed by atoms with Crippen molar-refractivity contribution in [2.75, 3.05) is 6.54 Å². The number of rotatable bonds is 4. The van der Waals surface area contributed by atoms with Gasteiger partial charge in [-0.3, -0.25) is 14.8 Å². The molecule has 2 aromatic rings. The van der Waals surface area contributed by atoms with Gasteiger partial charge in [-0.05, 0) is 13.3 Å². The van der Waals surface area contributed by atoms with Crippen LogP contribution < -0.4 is 0 Å². The Morgan fingerprint density at radius 2 is 2.17 bits per heavy atom. The Bertz CT molecular complexity index is 681. The average Bonchev–Trinajstić information content (AvgIpc) is 2.98. The third kappa shape index (κ3) is 3.23. The van der Waals surface area contributed by atoms with Crippen molar-refractivity contribution in [2.45, 2.75) is 52.1 Å². The molecule has 0 aliphatic carbocycles. The molecule has 0 saturated heterocycles. The van der Waals surface area contributed by atoms with E-state index in [9.17, 15) is 4.79 Å². The highest BCUT2D eigenvalue weighted by molar-refractivity contribution is 5.76. The fraction of sp³-hybridized carbons (Fsp3) is 0.562. The van der Waals surface area contributed by atoms with Gasteiger partial charge in [0.15, 0.2) is 5.82 Å². The first-order valence-corrected chi connectivity index (χ1v) is 8.02. The molecule has 0 aromatic carbocycles. The lowest BCUT2D eigenvalue weighted by Gasteiger charge is -2.33. The molecule has 0 fully saturated rings. The van der Waals surface area contributed by atoms with Gasteiger partial charge in [-0.2, -0.15) is 0 Å². The zero-order chi connectivity index (χ0) is 16.4. The van der Waals surface area contributed by atoms with E-state index in [0.29, 0.717) is 31.8 Å². The van der Waals surface area contributed by atoms with Crippen molar-refractivity contribution in [3.05, 3.63) is 35.9 Å². The molecule has 0 spiro atoms. The van der Waals surface area contributed by atoms with Gasteiger partial charge >= 0.3 is 0 Å². The minimum Gasteiger partial charge on any atom is -0.333 e.